The molecular formula is C34H42N3O6P. The normalized spacial score (nSPS) is 13.8. The van der Waals surface area contributed by atoms with Crippen molar-refractivity contribution in [3.63, 3.8) is 0 Å². The Hall–Kier alpha value is -3.49. The maximum Gasteiger partial charge on any atom is 0.477 e. The second-order valence-electron chi connectivity index (χ2n) is 11.0. The van der Waals surface area contributed by atoms with Gasteiger partial charge in [0.2, 0.25) is 0 Å². The number of nitrogens with zero attached hydrogens (tertiary/aromatic N) is 2. The molecule has 2 heterocycles. The first-order valence-electron chi connectivity index (χ1n) is 15.6. The zero-order valence-corrected chi connectivity index (χ0v) is 26.7. The van der Waals surface area contributed by atoms with Crippen molar-refractivity contribution in [1.29, 1.82) is 0 Å². The van der Waals surface area contributed by atoms with Gasteiger partial charge in [0.25, 0.3) is 5.56 Å². The number of nitrogens with one attached hydrogen (secondary N) is 1. The van der Waals surface area contributed by atoms with Gasteiger partial charge < -0.3 is 4.74 Å². The van der Waals surface area contributed by atoms with Crippen molar-refractivity contribution in [2.75, 3.05) is 20.0 Å². The summed E-state index contributed by atoms with van der Waals surface area (Å²) in [4.78, 5) is 19.0. The lowest BCUT2D eigenvalue weighted by atomic mass is 9.92. The number of aromatic nitrogens is 3. The smallest absolute Gasteiger partial charge is 0.467 e. The molecule has 0 fully saturated rings. The van der Waals surface area contributed by atoms with Crippen LogP contribution >= 0.6 is 7.82 Å². The van der Waals surface area contributed by atoms with Crippen LogP contribution in [0.3, 0.4) is 0 Å². The summed E-state index contributed by atoms with van der Waals surface area (Å²) in [7, 11) is -3.73. The molecule has 0 saturated heterocycles. The van der Waals surface area contributed by atoms with Crippen LogP contribution in [0, 0.1) is 6.92 Å². The molecule has 2 aromatic heterocycles. The number of hydrogen-bond donors (Lipinski definition) is 1. The van der Waals surface area contributed by atoms with Gasteiger partial charge in [-0.1, -0.05) is 75.2 Å². The number of aromatic amines is 1. The molecule has 4 aromatic rings. The largest absolute Gasteiger partial charge is 0.477 e. The molecule has 10 heteroatoms. The van der Waals surface area contributed by atoms with Gasteiger partial charge in [-0.2, -0.15) is 4.52 Å². The molecule has 2 aromatic carbocycles. The van der Waals surface area contributed by atoms with E-state index in [2.05, 4.69) is 11.2 Å². The molecule has 1 N–H and O–H groups in total. The van der Waals surface area contributed by atoms with Crippen molar-refractivity contribution in [1.82, 2.24) is 14.6 Å². The highest BCUT2D eigenvalue weighted by molar-refractivity contribution is 7.48. The number of fused-ring (bicyclic) bond motifs is 1. The van der Waals surface area contributed by atoms with Crippen LogP contribution in [0.15, 0.2) is 65.5 Å². The van der Waals surface area contributed by atoms with Crippen LogP contribution in [0.5, 0.6) is 5.75 Å². The van der Waals surface area contributed by atoms with E-state index >= 15 is 0 Å². The van der Waals surface area contributed by atoms with Crippen LogP contribution in [0.25, 0.3) is 33.6 Å². The summed E-state index contributed by atoms with van der Waals surface area (Å²) in [6.45, 7) is 6.20. The molecule has 0 saturated carbocycles. The zero-order valence-electron chi connectivity index (χ0n) is 25.8. The maximum absolute atomic E-state index is 14.0. The fourth-order valence-corrected chi connectivity index (χ4v) is 6.43. The summed E-state index contributed by atoms with van der Waals surface area (Å²) in [5, 5.41) is 3.38. The van der Waals surface area contributed by atoms with Gasteiger partial charge in [0.05, 0.1) is 30.2 Å². The third-order valence-corrected chi connectivity index (χ3v) is 9.13. The first-order chi connectivity index (χ1) is 21.4. The molecule has 0 amide bonds. The highest BCUT2D eigenvalue weighted by atomic mass is 31.2. The Labute approximate surface area is 258 Å². The molecule has 0 atom stereocenters. The third kappa shape index (κ3) is 7.41. The molecule has 234 valence electrons. The molecule has 0 radical (unpaired) electrons. The average Bonchev–Trinajstić information content (AvgIpc) is 3.42. The predicted octanol–water partition coefficient (Wildman–Crippen LogP) is 8.72. The lowest BCUT2D eigenvalue weighted by Gasteiger charge is -2.18. The van der Waals surface area contributed by atoms with Gasteiger partial charge in [0.1, 0.15) is 5.75 Å². The summed E-state index contributed by atoms with van der Waals surface area (Å²) in [5.74, 6) is 0.493. The van der Waals surface area contributed by atoms with E-state index in [1.807, 2.05) is 63.2 Å². The average molecular weight is 620 g/mol. The first kappa shape index (κ1) is 31.9. The summed E-state index contributed by atoms with van der Waals surface area (Å²) in [5.41, 5.74) is 6.50. The van der Waals surface area contributed by atoms with Crippen LogP contribution in [0.4, 0.5) is 0 Å². The number of unbranched alkanes of at least 4 members (excludes halogenated alkanes) is 2. The minimum atomic E-state index is -3.73. The molecule has 0 spiro atoms. The topological polar surface area (TPSA) is 104 Å². The van der Waals surface area contributed by atoms with Gasteiger partial charge in [-0.05, 0) is 68.7 Å². The number of benzene rings is 2. The molecule has 9 nitrogen and oxygen atoms in total. The van der Waals surface area contributed by atoms with Crippen LogP contribution in [0.1, 0.15) is 76.5 Å². The van der Waals surface area contributed by atoms with Gasteiger partial charge in [0, 0.05) is 11.1 Å². The van der Waals surface area contributed by atoms with E-state index in [4.69, 9.17) is 23.3 Å². The number of phosphoric acid groups is 1. The highest BCUT2D eigenvalue weighted by Gasteiger charge is 2.27. The molecule has 0 aliphatic heterocycles. The predicted molar refractivity (Wildman–Crippen MR) is 174 cm³/mol. The van der Waals surface area contributed by atoms with E-state index < -0.39 is 7.82 Å². The second-order valence-corrected chi connectivity index (χ2v) is 12.6. The van der Waals surface area contributed by atoms with Crippen molar-refractivity contribution in [3.8, 4) is 28.1 Å². The quantitative estimate of drug-likeness (QED) is 0.0806. The Morgan fingerprint density at radius 1 is 0.886 bits per heavy atom. The number of H-pyrrole nitrogens is 1. The summed E-state index contributed by atoms with van der Waals surface area (Å²) >= 11 is 0. The minimum absolute atomic E-state index is 0.168. The number of aryl methyl sites for hydroxylation is 1. The van der Waals surface area contributed by atoms with Crippen molar-refractivity contribution in [2.45, 2.75) is 72.1 Å². The van der Waals surface area contributed by atoms with Gasteiger partial charge in [0.15, 0.2) is 12.4 Å². The Morgan fingerprint density at radius 3 is 2.23 bits per heavy atom. The van der Waals surface area contributed by atoms with Crippen molar-refractivity contribution < 1.29 is 22.9 Å². The first-order valence-corrected chi connectivity index (χ1v) is 17.1. The lowest BCUT2D eigenvalue weighted by molar-refractivity contribution is 0.0491. The molecule has 0 bridgehead atoms. The molecule has 5 rings (SSSR count). The fourth-order valence-electron chi connectivity index (χ4n) is 5.32. The third-order valence-electron chi connectivity index (χ3n) is 7.71. The van der Waals surface area contributed by atoms with Crippen molar-refractivity contribution >= 4 is 19.0 Å². The fraction of sp³-hybridized carbons (Fsp3) is 0.412. The van der Waals surface area contributed by atoms with E-state index in [9.17, 15) is 9.36 Å². The van der Waals surface area contributed by atoms with Crippen LogP contribution in [-0.4, -0.2) is 34.6 Å². The van der Waals surface area contributed by atoms with Gasteiger partial charge in [-0.15, -0.1) is 0 Å². The number of ether oxygens (including phenoxy) is 1. The molecule has 1 aliphatic rings. The Morgan fingerprint density at radius 2 is 1.59 bits per heavy atom. The SMILES string of the molecule is CCCCOP(=O)(OCCCC)OCOc1ccc(-c2c(C)nc3c(C4=CCCCC4)c(-c4ccccc4)[nH]n3c2=O)cc1. The summed E-state index contributed by atoms with van der Waals surface area (Å²) < 4.78 is 36.6. The highest BCUT2D eigenvalue weighted by Crippen LogP contribution is 2.49. The standard InChI is InChI=1S/C34H42N3O6P/c1-4-6-22-41-44(39,42-23-7-5-2)43-24-40-29-20-18-27(19-21-29)30-25(3)35-33-31(26-14-10-8-11-15-26)32(36-37(33)34(30)38)28-16-12-9-13-17-28/h9,12-14,16-21,36H,4-8,10-11,15,22-24H2,1-3H3. The van der Waals surface area contributed by atoms with Crippen LogP contribution in [-0.2, 0) is 18.1 Å². The van der Waals surface area contributed by atoms with Gasteiger partial charge in [-0.25, -0.2) is 14.1 Å². The molecular weight excluding hydrogens is 577 g/mol. The molecule has 44 heavy (non-hydrogen) atoms. The zero-order chi connectivity index (χ0) is 30.9. The monoisotopic (exact) mass is 619 g/mol. The van der Waals surface area contributed by atoms with E-state index in [0.29, 0.717) is 28.2 Å². The van der Waals surface area contributed by atoms with Crippen molar-refractivity contribution in [2.24, 2.45) is 0 Å². The van der Waals surface area contributed by atoms with E-state index in [1.54, 1.807) is 16.6 Å². The number of allylic oxidation sites excluding steroid dienone is 2. The van der Waals surface area contributed by atoms with E-state index in [0.717, 1.165) is 61.8 Å². The lowest BCUT2D eigenvalue weighted by Crippen LogP contribution is -2.19. The van der Waals surface area contributed by atoms with Crippen LogP contribution < -0.4 is 10.3 Å². The summed E-state index contributed by atoms with van der Waals surface area (Å²) in [6, 6.07) is 17.2. The van der Waals surface area contributed by atoms with Crippen molar-refractivity contribution in [3.05, 3.63) is 82.3 Å². The second kappa shape index (κ2) is 15.0. The Balaban J connectivity index is 1.38. The summed E-state index contributed by atoms with van der Waals surface area (Å²) in [6.07, 6.45) is 9.87. The van der Waals surface area contributed by atoms with Gasteiger partial charge >= 0.3 is 7.82 Å². The van der Waals surface area contributed by atoms with E-state index in [-0.39, 0.29) is 25.6 Å². The van der Waals surface area contributed by atoms with Gasteiger partial charge in [-0.3, -0.25) is 18.9 Å². The number of rotatable bonds is 15. The Bertz CT molecular complexity index is 1660. The van der Waals surface area contributed by atoms with E-state index in [1.165, 1.54) is 12.0 Å². The molecule has 0 unspecified atom stereocenters. The Kier molecular flexibility index (Phi) is 10.9. The minimum Gasteiger partial charge on any atom is -0.467 e. The number of hydrogen-bond acceptors (Lipinski definition) is 7. The van der Waals surface area contributed by atoms with Crippen LogP contribution in [0.2, 0.25) is 0 Å². The number of phosphoric ester groups is 1. The molecule has 1 aliphatic carbocycles. The maximum atomic E-state index is 14.0.